The molecule has 1 aliphatic rings. The van der Waals surface area contributed by atoms with Crippen molar-refractivity contribution >= 4 is 11.6 Å². The van der Waals surface area contributed by atoms with Gasteiger partial charge in [-0.25, -0.2) is 0 Å². The summed E-state index contributed by atoms with van der Waals surface area (Å²) >= 11 is 0. The van der Waals surface area contributed by atoms with E-state index in [4.69, 9.17) is 0 Å². The number of likely N-dealkylation sites (N-methyl/N-ethyl adjacent to an activating group) is 1. The average Bonchev–Trinajstić information content (AvgIpc) is 2.46. The van der Waals surface area contributed by atoms with Crippen molar-refractivity contribution in [3.8, 4) is 0 Å². The minimum atomic E-state index is -0.0473. The minimum Gasteiger partial charge on any atom is -0.313 e. The fourth-order valence-corrected chi connectivity index (χ4v) is 2.47. The number of carbonyl (C=O) groups is 1. The van der Waals surface area contributed by atoms with Gasteiger partial charge in [-0.3, -0.25) is 9.78 Å². The molecule has 1 aliphatic heterocycles. The SMILES string of the molecule is CCC1CCNC(C(=O)N(C)c2cccnc2)C1. The van der Waals surface area contributed by atoms with Crippen LogP contribution in [0.25, 0.3) is 0 Å². The molecule has 2 heterocycles. The highest BCUT2D eigenvalue weighted by Crippen LogP contribution is 2.21. The molecule has 18 heavy (non-hydrogen) atoms. The predicted octanol–water partition coefficient (Wildman–Crippen LogP) is 1.82. The molecule has 2 rings (SSSR count). The van der Waals surface area contributed by atoms with Gasteiger partial charge in [0.15, 0.2) is 0 Å². The maximum atomic E-state index is 12.4. The van der Waals surface area contributed by atoms with Gasteiger partial charge in [0.25, 0.3) is 0 Å². The predicted molar refractivity (Wildman–Crippen MR) is 72.5 cm³/mol. The normalized spacial score (nSPS) is 23.7. The summed E-state index contributed by atoms with van der Waals surface area (Å²) in [6, 6.07) is 3.71. The third-order valence-corrected chi connectivity index (χ3v) is 3.75. The van der Waals surface area contributed by atoms with Crippen molar-refractivity contribution in [2.24, 2.45) is 5.92 Å². The Bertz CT molecular complexity index is 393. The van der Waals surface area contributed by atoms with E-state index in [9.17, 15) is 4.79 Å². The van der Waals surface area contributed by atoms with Crippen molar-refractivity contribution in [1.29, 1.82) is 0 Å². The van der Waals surface area contributed by atoms with Crippen LogP contribution in [-0.2, 0) is 4.79 Å². The lowest BCUT2D eigenvalue weighted by Crippen LogP contribution is -2.49. The van der Waals surface area contributed by atoms with Crippen LogP contribution in [0.5, 0.6) is 0 Å². The molecule has 1 aromatic rings. The molecular formula is C14H21N3O. The summed E-state index contributed by atoms with van der Waals surface area (Å²) in [5.41, 5.74) is 0.850. The number of piperidine rings is 1. The molecule has 0 spiro atoms. The van der Waals surface area contributed by atoms with Crippen molar-refractivity contribution < 1.29 is 4.79 Å². The van der Waals surface area contributed by atoms with Crippen molar-refractivity contribution in [3.05, 3.63) is 24.5 Å². The Labute approximate surface area is 108 Å². The maximum Gasteiger partial charge on any atom is 0.243 e. The first kappa shape index (κ1) is 13.0. The maximum absolute atomic E-state index is 12.4. The van der Waals surface area contributed by atoms with Gasteiger partial charge in [0, 0.05) is 13.2 Å². The fourth-order valence-electron chi connectivity index (χ4n) is 2.47. The molecule has 0 aliphatic carbocycles. The van der Waals surface area contributed by atoms with Crippen LogP contribution in [0.1, 0.15) is 26.2 Å². The smallest absolute Gasteiger partial charge is 0.243 e. The molecule has 0 aromatic carbocycles. The summed E-state index contributed by atoms with van der Waals surface area (Å²) in [5.74, 6) is 0.809. The lowest BCUT2D eigenvalue weighted by atomic mass is 9.90. The molecule has 2 atom stereocenters. The Kier molecular flexibility index (Phi) is 4.31. The second kappa shape index (κ2) is 5.96. The van der Waals surface area contributed by atoms with E-state index >= 15 is 0 Å². The van der Waals surface area contributed by atoms with Gasteiger partial charge in [0.2, 0.25) is 5.91 Å². The van der Waals surface area contributed by atoms with Crippen LogP contribution >= 0.6 is 0 Å². The van der Waals surface area contributed by atoms with Crippen LogP contribution in [0, 0.1) is 5.92 Å². The van der Waals surface area contributed by atoms with Gasteiger partial charge in [-0.1, -0.05) is 13.3 Å². The molecule has 4 heteroatoms. The van der Waals surface area contributed by atoms with Crippen LogP contribution in [0.15, 0.2) is 24.5 Å². The number of pyridine rings is 1. The fraction of sp³-hybridized carbons (Fsp3) is 0.571. The van der Waals surface area contributed by atoms with Crippen LogP contribution in [0.3, 0.4) is 0 Å². The number of nitrogens with zero attached hydrogens (tertiary/aromatic N) is 2. The first-order valence-corrected chi connectivity index (χ1v) is 6.63. The van der Waals surface area contributed by atoms with E-state index in [0.717, 1.165) is 25.1 Å². The average molecular weight is 247 g/mol. The summed E-state index contributed by atoms with van der Waals surface area (Å²) < 4.78 is 0. The van der Waals surface area contributed by atoms with E-state index in [1.807, 2.05) is 19.2 Å². The quantitative estimate of drug-likeness (QED) is 0.886. The Morgan fingerprint density at radius 1 is 1.61 bits per heavy atom. The Balaban J connectivity index is 2.02. The number of hydrogen-bond acceptors (Lipinski definition) is 3. The van der Waals surface area contributed by atoms with E-state index in [0.29, 0.717) is 5.92 Å². The number of carbonyl (C=O) groups excluding carboxylic acids is 1. The first-order valence-electron chi connectivity index (χ1n) is 6.63. The summed E-state index contributed by atoms with van der Waals surface area (Å²) in [7, 11) is 1.82. The van der Waals surface area contributed by atoms with Crippen LogP contribution < -0.4 is 10.2 Å². The van der Waals surface area contributed by atoms with Crippen LogP contribution in [0.2, 0.25) is 0 Å². The van der Waals surface area contributed by atoms with Crippen molar-refractivity contribution in [1.82, 2.24) is 10.3 Å². The third-order valence-electron chi connectivity index (χ3n) is 3.75. The number of nitrogens with one attached hydrogen (secondary N) is 1. The van der Waals surface area contributed by atoms with E-state index < -0.39 is 0 Å². The Morgan fingerprint density at radius 3 is 3.11 bits per heavy atom. The summed E-state index contributed by atoms with van der Waals surface area (Å²) in [4.78, 5) is 18.1. The first-order chi connectivity index (χ1) is 8.72. The topological polar surface area (TPSA) is 45.2 Å². The molecule has 4 nitrogen and oxygen atoms in total. The van der Waals surface area contributed by atoms with Gasteiger partial charge in [0.1, 0.15) is 0 Å². The molecular weight excluding hydrogens is 226 g/mol. The van der Waals surface area contributed by atoms with Crippen molar-refractivity contribution in [2.45, 2.75) is 32.2 Å². The van der Waals surface area contributed by atoms with Gasteiger partial charge in [-0.05, 0) is 37.4 Å². The minimum absolute atomic E-state index is 0.0473. The van der Waals surface area contributed by atoms with Gasteiger partial charge in [-0.2, -0.15) is 0 Å². The molecule has 1 amide bonds. The van der Waals surface area contributed by atoms with Gasteiger partial charge in [-0.15, -0.1) is 0 Å². The lowest BCUT2D eigenvalue weighted by Gasteiger charge is -2.31. The van der Waals surface area contributed by atoms with Crippen LogP contribution in [-0.4, -0.2) is 30.5 Å². The lowest BCUT2D eigenvalue weighted by molar-refractivity contribution is -0.121. The zero-order chi connectivity index (χ0) is 13.0. The highest BCUT2D eigenvalue weighted by molar-refractivity contribution is 5.96. The summed E-state index contributed by atoms with van der Waals surface area (Å²) in [6.07, 6.45) is 6.71. The third kappa shape index (κ3) is 2.88. The Morgan fingerprint density at radius 2 is 2.44 bits per heavy atom. The number of rotatable bonds is 3. The van der Waals surface area contributed by atoms with Crippen molar-refractivity contribution in [2.75, 3.05) is 18.5 Å². The monoisotopic (exact) mass is 247 g/mol. The van der Waals surface area contributed by atoms with Crippen LogP contribution in [0.4, 0.5) is 5.69 Å². The molecule has 98 valence electrons. The Hall–Kier alpha value is -1.42. The highest BCUT2D eigenvalue weighted by atomic mass is 16.2. The van der Waals surface area contributed by atoms with E-state index in [1.165, 1.54) is 6.42 Å². The van der Waals surface area contributed by atoms with E-state index in [-0.39, 0.29) is 11.9 Å². The zero-order valence-electron chi connectivity index (χ0n) is 11.1. The molecule has 1 aromatic heterocycles. The number of amides is 1. The summed E-state index contributed by atoms with van der Waals surface area (Å²) in [5, 5.41) is 3.32. The second-order valence-electron chi connectivity index (χ2n) is 4.91. The molecule has 1 saturated heterocycles. The number of aromatic nitrogens is 1. The molecule has 1 fully saturated rings. The molecule has 0 bridgehead atoms. The molecule has 1 N–H and O–H groups in total. The standard InChI is InChI=1S/C14H21N3O/c1-3-11-6-8-16-13(9-11)14(18)17(2)12-5-4-7-15-10-12/h4-5,7,10-11,13,16H,3,6,8-9H2,1-2H3. The second-order valence-corrected chi connectivity index (χ2v) is 4.91. The molecule has 2 unspecified atom stereocenters. The highest BCUT2D eigenvalue weighted by Gasteiger charge is 2.28. The van der Waals surface area contributed by atoms with Gasteiger partial charge >= 0.3 is 0 Å². The molecule has 0 saturated carbocycles. The zero-order valence-corrected chi connectivity index (χ0v) is 11.1. The number of anilines is 1. The number of hydrogen-bond donors (Lipinski definition) is 1. The van der Waals surface area contributed by atoms with E-state index in [2.05, 4.69) is 17.2 Å². The summed E-state index contributed by atoms with van der Waals surface area (Å²) in [6.45, 7) is 3.14. The largest absolute Gasteiger partial charge is 0.313 e. The van der Waals surface area contributed by atoms with Crippen molar-refractivity contribution in [3.63, 3.8) is 0 Å². The molecule has 0 radical (unpaired) electrons. The van der Waals surface area contributed by atoms with Gasteiger partial charge in [0.05, 0.1) is 17.9 Å². The van der Waals surface area contributed by atoms with Gasteiger partial charge < -0.3 is 10.2 Å². The van der Waals surface area contributed by atoms with E-state index in [1.54, 1.807) is 17.3 Å².